The van der Waals surface area contributed by atoms with Crippen LogP contribution < -0.4 is 5.32 Å². The van der Waals surface area contributed by atoms with Crippen LogP contribution >= 0.6 is 11.3 Å². The third-order valence-corrected chi connectivity index (χ3v) is 5.30. The lowest BCUT2D eigenvalue weighted by Crippen LogP contribution is -2.26. The number of hydrogen-bond acceptors (Lipinski definition) is 6. The van der Waals surface area contributed by atoms with E-state index in [2.05, 4.69) is 44.9 Å². The Morgan fingerprint density at radius 1 is 1.31 bits per heavy atom. The second-order valence-corrected chi connectivity index (χ2v) is 9.36. The lowest BCUT2D eigenvalue weighted by molar-refractivity contribution is 0.0601. The summed E-state index contributed by atoms with van der Waals surface area (Å²) >= 11 is 1.60. The zero-order valence-corrected chi connectivity index (χ0v) is 18.6. The summed E-state index contributed by atoms with van der Waals surface area (Å²) in [4.78, 5) is 18.0. The predicted octanol–water partition coefficient (Wildman–Crippen LogP) is 5.49. The van der Waals surface area contributed by atoms with Crippen LogP contribution in [0.15, 0.2) is 35.8 Å². The van der Waals surface area contributed by atoms with Crippen LogP contribution in [-0.2, 0) is 16.7 Å². The first kappa shape index (κ1) is 21.0. The molecule has 7 heteroatoms. The summed E-state index contributed by atoms with van der Waals surface area (Å²) in [6.45, 7) is 10.8. The third-order valence-electron chi connectivity index (χ3n) is 4.38. The number of hydrogen-bond donors (Lipinski definition) is 1. The Kier molecular flexibility index (Phi) is 6.07. The van der Waals surface area contributed by atoms with Gasteiger partial charge in [-0.3, -0.25) is 4.68 Å². The van der Waals surface area contributed by atoms with E-state index in [1.807, 2.05) is 34.3 Å². The Labute approximate surface area is 175 Å². The van der Waals surface area contributed by atoms with Gasteiger partial charge in [-0.25, -0.2) is 9.78 Å². The van der Waals surface area contributed by atoms with Crippen molar-refractivity contribution in [3.63, 3.8) is 0 Å². The van der Waals surface area contributed by atoms with E-state index in [9.17, 15) is 4.79 Å². The number of carbonyl (C=O) groups excluding carboxylic acids is 1. The molecule has 0 aliphatic rings. The van der Waals surface area contributed by atoms with Crippen LogP contribution in [0.5, 0.6) is 0 Å². The largest absolute Gasteiger partial charge is 0.465 e. The smallest absolute Gasteiger partial charge is 0.341 e. The summed E-state index contributed by atoms with van der Waals surface area (Å²) in [5.41, 5.74) is 2.26. The standard InChI is InChI=1S/C22H28N4O2S/c1-14(2)10-16-12-19(25-26(16)22(3,4)5)24-20-17(21(27)28-6)11-15(13-23-20)18-8-7-9-29-18/h7-9,11-14H,10H2,1-6H3,(H,23,24,25). The Hall–Kier alpha value is -2.67. The van der Waals surface area contributed by atoms with E-state index in [0.29, 0.717) is 23.1 Å². The Morgan fingerprint density at radius 3 is 2.66 bits per heavy atom. The summed E-state index contributed by atoms with van der Waals surface area (Å²) in [5.74, 6) is 1.18. The fraction of sp³-hybridized carbons (Fsp3) is 0.409. The summed E-state index contributed by atoms with van der Waals surface area (Å²) in [5, 5.41) is 9.96. The number of pyridine rings is 1. The van der Waals surface area contributed by atoms with Gasteiger partial charge in [0.1, 0.15) is 11.4 Å². The molecular weight excluding hydrogens is 384 g/mol. The molecule has 0 bridgehead atoms. The molecule has 154 valence electrons. The summed E-state index contributed by atoms with van der Waals surface area (Å²) in [6.07, 6.45) is 2.68. The number of nitrogens with zero attached hydrogens (tertiary/aromatic N) is 3. The molecule has 3 aromatic rings. The van der Waals surface area contributed by atoms with E-state index in [4.69, 9.17) is 9.84 Å². The number of anilines is 2. The number of nitrogens with one attached hydrogen (secondary N) is 1. The monoisotopic (exact) mass is 412 g/mol. The van der Waals surface area contributed by atoms with E-state index in [0.717, 1.165) is 22.6 Å². The van der Waals surface area contributed by atoms with E-state index in [1.54, 1.807) is 17.5 Å². The van der Waals surface area contributed by atoms with E-state index >= 15 is 0 Å². The number of rotatable bonds is 6. The summed E-state index contributed by atoms with van der Waals surface area (Å²) in [7, 11) is 1.37. The molecule has 3 heterocycles. The van der Waals surface area contributed by atoms with E-state index in [-0.39, 0.29) is 5.54 Å². The fourth-order valence-corrected chi connectivity index (χ4v) is 3.86. The van der Waals surface area contributed by atoms with E-state index in [1.165, 1.54) is 7.11 Å². The van der Waals surface area contributed by atoms with Crippen molar-refractivity contribution in [2.45, 2.75) is 46.6 Å². The number of ether oxygens (including phenoxy) is 1. The molecule has 29 heavy (non-hydrogen) atoms. The highest BCUT2D eigenvalue weighted by atomic mass is 32.1. The van der Waals surface area contributed by atoms with Crippen LogP contribution in [-0.4, -0.2) is 27.8 Å². The first-order chi connectivity index (χ1) is 13.7. The maximum Gasteiger partial charge on any atom is 0.341 e. The van der Waals surface area contributed by atoms with Gasteiger partial charge in [0.2, 0.25) is 0 Å². The average Bonchev–Trinajstić information content (AvgIpc) is 3.31. The number of thiophene rings is 1. The quantitative estimate of drug-likeness (QED) is 0.542. The molecule has 6 nitrogen and oxygen atoms in total. The van der Waals surface area contributed by atoms with Crippen molar-refractivity contribution in [2.75, 3.05) is 12.4 Å². The Morgan fingerprint density at radius 2 is 2.07 bits per heavy atom. The topological polar surface area (TPSA) is 69.0 Å². The Bertz CT molecular complexity index is 985. The maximum atomic E-state index is 12.4. The Balaban J connectivity index is 1.99. The predicted molar refractivity (Wildman–Crippen MR) is 118 cm³/mol. The SMILES string of the molecule is COC(=O)c1cc(-c2cccs2)cnc1Nc1cc(CC(C)C)n(C(C)(C)C)n1. The van der Waals surface area contributed by atoms with Crippen molar-refractivity contribution in [3.8, 4) is 10.4 Å². The summed E-state index contributed by atoms with van der Waals surface area (Å²) < 4.78 is 7.02. The van der Waals surface area contributed by atoms with Crippen LogP contribution in [0.25, 0.3) is 10.4 Å². The van der Waals surface area contributed by atoms with Crippen molar-refractivity contribution in [1.82, 2.24) is 14.8 Å². The number of aromatic nitrogens is 3. The molecule has 0 fully saturated rings. The van der Waals surface area contributed by atoms with Crippen LogP contribution in [0.3, 0.4) is 0 Å². The van der Waals surface area contributed by atoms with Crippen LogP contribution in [0, 0.1) is 5.92 Å². The van der Waals surface area contributed by atoms with Gasteiger partial charge in [0.25, 0.3) is 0 Å². The molecule has 0 amide bonds. The number of methoxy groups -OCH3 is 1. The van der Waals surface area contributed by atoms with Crippen molar-refractivity contribution in [1.29, 1.82) is 0 Å². The highest BCUT2D eigenvalue weighted by molar-refractivity contribution is 7.13. The highest BCUT2D eigenvalue weighted by Gasteiger charge is 2.22. The molecular formula is C22H28N4O2S. The van der Waals surface area contributed by atoms with Gasteiger partial charge in [0.15, 0.2) is 5.82 Å². The number of carbonyl (C=O) groups is 1. The number of esters is 1. The second-order valence-electron chi connectivity index (χ2n) is 8.42. The van der Waals surface area contributed by atoms with Gasteiger partial charge < -0.3 is 10.1 Å². The zero-order valence-electron chi connectivity index (χ0n) is 17.8. The van der Waals surface area contributed by atoms with Crippen molar-refractivity contribution < 1.29 is 9.53 Å². The molecule has 0 spiro atoms. The molecule has 0 aromatic carbocycles. The van der Waals surface area contributed by atoms with Crippen LogP contribution in [0.2, 0.25) is 0 Å². The van der Waals surface area contributed by atoms with Crippen molar-refractivity contribution in [2.24, 2.45) is 5.92 Å². The van der Waals surface area contributed by atoms with Gasteiger partial charge in [-0.05, 0) is 50.6 Å². The molecule has 1 N–H and O–H groups in total. The molecule has 0 aliphatic carbocycles. The van der Waals surface area contributed by atoms with Gasteiger partial charge >= 0.3 is 5.97 Å². The lowest BCUT2D eigenvalue weighted by atomic mass is 10.1. The molecule has 0 unspecified atom stereocenters. The molecule has 3 aromatic heterocycles. The zero-order chi connectivity index (χ0) is 21.2. The van der Waals surface area contributed by atoms with Crippen LogP contribution in [0.1, 0.15) is 50.7 Å². The first-order valence-corrected chi connectivity index (χ1v) is 10.6. The minimum Gasteiger partial charge on any atom is -0.465 e. The summed E-state index contributed by atoms with van der Waals surface area (Å²) in [6, 6.07) is 7.81. The highest BCUT2D eigenvalue weighted by Crippen LogP contribution is 2.29. The van der Waals surface area contributed by atoms with Crippen LogP contribution in [0.4, 0.5) is 11.6 Å². The first-order valence-electron chi connectivity index (χ1n) is 9.67. The van der Waals surface area contributed by atoms with Gasteiger partial charge in [0.05, 0.1) is 12.6 Å². The minimum atomic E-state index is -0.434. The lowest BCUT2D eigenvalue weighted by Gasteiger charge is -2.23. The molecule has 0 radical (unpaired) electrons. The molecule has 3 rings (SSSR count). The minimum absolute atomic E-state index is 0.147. The normalized spacial score (nSPS) is 11.7. The van der Waals surface area contributed by atoms with E-state index < -0.39 is 5.97 Å². The average molecular weight is 413 g/mol. The maximum absolute atomic E-state index is 12.4. The third kappa shape index (κ3) is 4.85. The van der Waals surface area contributed by atoms with Gasteiger partial charge in [-0.2, -0.15) is 5.10 Å². The second kappa shape index (κ2) is 8.37. The molecule has 0 saturated carbocycles. The van der Waals surface area contributed by atoms with Gasteiger partial charge in [-0.1, -0.05) is 19.9 Å². The fourth-order valence-electron chi connectivity index (χ4n) is 3.15. The molecule has 0 aliphatic heterocycles. The van der Waals surface area contributed by atoms with Gasteiger partial charge in [0, 0.05) is 28.4 Å². The van der Waals surface area contributed by atoms with Crippen molar-refractivity contribution >= 4 is 28.9 Å². The molecule has 0 saturated heterocycles. The molecule has 0 atom stereocenters. The van der Waals surface area contributed by atoms with Gasteiger partial charge in [-0.15, -0.1) is 11.3 Å². The van der Waals surface area contributed by atoms with Crippen molar-refractivity contribution in [3.05, 3.63) is 47.1 Å².